The van der Waals surface area contributed by atoms with Crippen molar-refractivity contribution in [2.45, 2.75) is 13.3 Å². The first-order valence-electron chi connectivity index (χ1n) is 8.07. The zero-order valence-electron chi connectivity index (χ0n) is 14.1. The minimum Gasteiger partial charge on any atom is -0.494 e. The van der Waals surface area contributed by atoms with E-state index in [9.17, 15) is 9.59 Å². The fourth-order valence-corrected chi connectivity index (χ4v) is 2.08. The predicted octanol–water partition coefficient (Wildman–Crippen LogP) is 1.89. The van der Waals surface area contributed by atoms with Gasteiger partial charge in [0.15, 0.2) is 0 Å². The summed E-state index contributed by atoms with van der Waals surface area (Å²) in [5.41, 5.74) is 4.09. The summed E-state index contributed by atoms with van der Waals surface area (Å²) in [6.07, 6.45) is 2.13. The number of rotatable bonds is 7. The molecule has 6 heteroatoms. The number of nitrogens with zero attached hydrogens (tertiary/aromatic N) is 1. The van der Waals surface area contributed by atoms with E-state index in [2.05, 4.69) is 15.8 Å². The molecule has 0 aromatic heterocycles. The van der Waals surface area contributed by atoms with Gasteiger partial charge < -0.3 is 10.1 Å². The Kier molecular flexibility index (Phi) is 7.18. The second-order valence-corrected chi connectivity index (χ2v) is 5.19. The van der Waals surface area contributed by atoms with Gasteiger partial charge in [0.2, 0.25) is 0 Å². The van der Waals surface area contributed by atoms with Gasteiger partial charge in [0.05, 0.1) is 12.8 Å². The molecule has 0 atom stereocenters. The lowest BCUT2D eigenvalue weighted by atomic mass is 10.1. The molecular formula is C19H21N3O3. The minimum atomic E-state index is -0.796. The number of hydrazone groups is 1. The highest BCUT2D eigenvalue weighted by Gasteiger charge is 2.11. The van der Waals surface area contributed by atoms with E-state index in [1.54, 1.807) is 12.1 Å². The Labute approximate surface area is 146 Å². The van der Waals surface area contributed by atoms with Crippen LogP contribution >= 0.6 is 0 Å². The Hall–Kier alpha value is -3.15. The molecule has 0 unspecified atom stereocenters. The molecular weight excluding hydrogens is 318 g/mol. The molecule has 0 fully saturated rings. The molecule has 2 aromatic rings. The predicted molar refractivity (Wildman–Crippen MR) is 96.5 cm³/mol. The SMILES string of the molecule is CCOc1ccc(C=NNC(=O)C(=O)NCCc2ccccc2)cc1. The average Bonchev–Trinajstić information content (AvgIpc) is 2.64. The molecule has 0 aliphatic heterocycles. The van der Waals surface area contributed by atoms with Crippen molar-refractivity contribution in [1.29, 1.82) is 0 Å². The van der Waals surface area contributed by atoms with Gasteiger partial charge in [-0.25, -0.2) is 5.43 Å². The van der Waals surface area contributed by atoms with Crippen molar-refractivity contribution in [2.24, 2.45) is 5.10 Å². The van der Waals surface area contributed by atoms with Gasteiger partial charge >= 0.3 is 11.8 Å². The first-order valence-corrected chi connectivity index (χ1v) is 8.07. The molecule has 2 rings (SSSR count). The molecule has 0 aliphatic carbocycles. The van der Waals surface area contributed by atoms with Crippen LogP contribution in [0.4, 0.5) is 0 Å². The number of nitrogens with one attached hydrogen (secondary N) is 2. The van der Waals surface area contributed by atoms with E-state index in [1.165, 1.54) is 6.21 Å². The van der Waals surface area contributed by atoms with E-state index in [0.29, 0.717) is 19.6 Å². The number of carbonyl (C=O) groups excluding carboxylic acids is 2. The van der Waals surface area contributed by atoms with Gasteiger partial charge in [-0.15, -0.1) is 0 Å². The Bertz CT molecular complexity index is 712. The van der Waals surface area contributed by atoms with Crippen LogP contribution in [-0.2, 0) is 16.0 Å². The lowest BCUT2D eigenvalue weighted by Gasteiger charge is -2.04. The third kappa shape index (κ3) is 6.47. The lowest BCUT2D eigenvalue weighted by molar-refractivity contribution is -0.139. The molecule has 0 aliphatic rings. The third-order valence-electron chi connectivity index (χ3n) is 3.32. The first-order chi connectivity index (χ1) is 12.2. The molecule has 130 valence electrons. The van der Waals surface area contributed by atoms with Crippen molar-refractivity contribution >= 4 is 18.0 Å². The second-order valence-electron chi connectivity index (χ2n) is 5.19. The summed E-state index contributed by atoms with van der Waals surface area (Å²) in [5.74, 6) is -0.739. The van der Waals surface area contributed by atoms with Crippen molar-refractivity contribution in [3.63, 3.8) is 0 Å². The molecule has 2 amide bonds. The normalized spacial score (nSPS) is 10.4. The fourth-order valence-electron chi connectivity index (χ4n) is 2.08. The molecule has 2 aromatic carbocycles. The summed E-state index contributed by atoms with van der Waals surface area (Å²) in [5, 5.41) is 6.34. The van der Waals surface area contributed by atoms with Crippen molar-refractivity contribution < 1.29 is 14.3 Å². The number of carbonyl (C=O) groups is 2. The van der Waals surface area contributed by atoms with Gasteiger partial charge in [-0.2, -0.15) is 5.10 Å². The average molecular weight is 339 g/mol. The highest BCUT2D eigenvalue weighted by molar-refractivity contribution is 6.35. The molecule has 6 nitrogen and oxygen atoms in total. The Morgan fingerprint density at radius 1 is 1.04 bits per heavy atom. The number of hydrogen-bond donors (Lipinski definition) is 2. The highest BCUT2D eigenvalue weighted by Crippen LogP contribution is 2.10. The largest absolute Gasteiger partial charge is 0.494 e. The summed E-state index contributed by atoms with van der Waals surface area (Å²) < 4.78 is 5.34. The Balaban J connectivity index is 1.72. The molecule has 25 heavy (non-hydrogen) atoms. The van der Waals surface area contributed by atoms with Gasteiger partial charge in [-0.3, -0.25) is 9.59 Å². The summed E-state index contributed by atoms with van der Waals surface area (Å²) in [4.78, 5) is 23.3. The highest BCUT2D eigenvalue weighted by atomic mass is 16.5. The minimum absolute atomic E-state index is 0.388. The van der Waals surface area contributed by atoms with E-state index in [0.717, 1.165) is 16.9 Å². The number of hydrogen-bond acceptors (Lipinski definition) is 4. The van der Waals surface area contributed by atoms with Crippen LogP contribution in [0.1, 0.15) is 18.1 Å². The van der Waals surface area contributed by atoms with E-state index >= 15 is 0 Å². The van der Waals surface area contributed by atoms with Crippen LogP contribution in [0, 0.1) is 0 Å². The lowest BCUT2D eigenvalue weighted by Crippen LogP contribution is -2.38. The Morgan fingerprint density at radius 3 is 2.44 bits per heavy atom. The monoisotopic (exact) mass is 339 g/mol. The smallest absolute Gasteiger partial charge is 0.329 e. The van der Waals surface area contributed by atoms with Gasteiger partial charge in [-0.05, 0) is 48.7 Å². The maximum Gasteiger partial charge on any atom is 0.329 e. The maximum atomic E-state index is 11.7. The molecule has 0 spiro atoms. The van der Waals surface area contributed by atoms with Crippen LogP contribution < -0.4 is 15.5 Å². The van der Waals surface area contributed by atoms with Crippen molar-refractivity contribution in [3.05, 3.63) is 65.7 Å². The number of ether oxygens (including phenoxy) is 1. The van der Waals surface area contributed by atoms with Crippen molar-refractivity contribution in [3.8, 4) is 5.75 Å². The van der Waals surface area contributed by atoms with E-state index in [4.69, 9.17) is 4.74 Å². The van der Waals surface area contributed by atoms with E-state index in [1.807, 2.05) is 49.4 Å². The molecule has 0 heterocycles. The molecule has 2 N–H and O–H groups in total. The summed E-state index contributed by atoms with van der Waals surface area (Å²) in [6.45, 7) is 2.90. The number of amides is 2. The Morgan fingerprint density at radius 2 is 1.76 bits per heavy atom. The van der Waals surface area contributed by atoms with Crippen LogP contribution in [0.3, 0.4) is 0 Å². The van der Waals surface area contributed by atoms with Crippen LogP contribution in [0.2, 0.25) is 0 Å². The zero-order valence-corrected chi connectivity index (χ0v) is 14.1. The van der Waals surface area contributed by atoms with Gasteiger partial charge in [-0.1, -0.05) is 30.3 Å². The van der Waals surface area contributed by atoms with Crippen LogP contribution in [-0.4, -0.2) is 31.2 Å². The summed E-state index contributed by atoms with van der Waals surface area (Å²) in [6, 6.07) is 16.9. The van der Waals surface area contributed by atoms with Crippen molar-refractivity contribution in [2.75, 3.05) is 13.2 Å². The topological polar surface area (TPSA) is 79.8 Å². The van der Waals surface area contributed by atoms with E-state index in [-0.39, 0.29) is 0 Å². The molecule has 0 radical (unpaired) electrons. The van der Waals surface area contributed by atoms with Gasteiger partial charge in [0.25, 0.3) is 0 Å². The van der Waals surface area contributed by atoms with Gasteiger partial charge in [0.1, 0.15) is 5.75 Å². The molecule has 0 saturated carbocycles. The van der Waals surface area contributed by atoms with Crippen LogP contribution in [0.25, 0.3) is 0 Å². The quantitative estimate of drug-likeness (QED) is 0.459. The van der Waals surface area contributed by atoms with Gasteiger partial charge in [0, 0.05) is 6.54 Å². The van der Waals surface area contributed by atoms with Crippen LogP contribution in [0.5, 0.6) is 5.75 Å². The second kappa shape index (κ2) is 9.87. The molecule has 0 saturated heterocycles. The standard InChI is InChI=1S/C19H21N3O3/c1-2-25-17-10-8-16(9-11-17)14-21-22-19(24)18(23)20-13-12-15-6-4-3-5-7-15/h3-11,14H,2,12-13H2,1H3,(H,20,23)(H,22,24). The summed E-state index contributed by atoms with van der Waals surface area (Å²) in [7, 11) is 0. The van der Waals surface area contributed by atoms with Crippen molar-refractivity contribution in [1.82, 2.24) is 10.7 Å². The zero-order chi connectivity index (χ0) is 17.9. The maximum absolute atomic E-state index is 11.7. The van der Waals surface area contributed by atoms with E-state index < -0.39 is 11.8 Å². The van der Waals surface area contributed by atoms with Crippen LogP contribution in [0.15, 0.2) is 59.7 Å². The summed E-state index contributed by atoms with van der Waals surface area (Å²) >= 11 is 0. The third-order valence-corrected chi connectivity index (χ3v) is 3.32. The first kappa shape index (κ1) is 18.2. The number of benzene rings is 2. The fraction of sp³-hybridized carbons (Fsp3) is 0.211. The molecule has 0 bridgehead atoms.